The molecule has 0 bridgehead atoms. The molecule has 2 aliphatic rings. The maximum atomic E-state index is 8.74. The van der Waals surface area contributed by atoms with E-state index in [2.05, 4.69) is 0 Å². The molecule has 4 heteroatoms. The summed E-state index contributed by atoms with van der Waals surface area (Å²) >= 11 is 0. The van der Waals surface area contributed by atoms with Crippen LogP contribution in [-0.4, -0.2) is 16.4 Å². The highest BCUT2D eigenvalue weighted by molar-refractivity contribution is 7.39. The fraction of sp³-hybridized carbons (Fsp3) is 1.00. The van der Waals surface area contributed by atoms with Crippen LogP contribution in [0.15, 0.2) is 0 Å². The smallest absolute Gasteiger partial charge is 0.327 e. The molecule has 2 fully saturated rings. The summed E-state index contributed by atoms with van der Waals surface area (Å²) in [4.78, 5) is 17.5. The van der Waals surface area contributed by atoms with Gasteiger partial charge in [0.25, 0.3) is 0 Å². The van der Waals surface area contributed by atoms with E-state index in [1.807, 2.05) is 0 Å². The van der Waals surface area contributed by atoms with Crippen LogP contribution in [0.4, 0.5) is 0 Å². The minimum Gasteiger partial charge on any atom is -0.328 e. The Bertz CT molecular complexity index is 256. The molecule has 22 heavy (non-hydrogen) atoms. The van der Waals surface area contributed by atoms with Crippen molar-refractivity contribution >= 4 is 8.60 Å². The molecule has 130 valence electrons. The first-order valence-electron chi connectivity index (χ1n) is 9.58. The quantitative estimate of drug-likeness (QED) is 0.430. The van der Waals surface area contributed by atoms with Gasteiger partial charge in [0.1, 0.15) is 0 Å². The highest BCUT2D eigenvalue weighted by Crippen LogP contribution is 2.42. The highest BCUT2D eigenvalue weighted by atomic mass is 31.2. The van der Waals surface area contributed by atoms with Gasteiger partial charge in [-0.05, 0) is 30.6 Å². The zero-order valence-corrected chi connectivity index (χ0v) is 15.0. The molecule has 0 radical (unpaired) electrons. The lowest BCUT2D eigenvalue weighted by atomic mass is 9.68. The summed E-state index contributed by atoms with van der Waals surface area (Å²) in [5.41, 5.74) is 0. The van der Waals surface area contributed by atoms with Gasteiger partial charge in [-0.3, -0.25) is 0 Å². The largest absolute Gasteiger partial charge is 0.328 e. The normalized spacial score (nSPS) is 21.8. The van der Waals surface area contributed by atoms with Crippen LogP contribution >= 0.6 is 8.60 Å². The van der Waals surface area contributed by atoms with Gasteiger partial charge in [-0.15, -0.1) is 0 Å². The molecule has 0 aliphatic heterocycles. The lowest BCUT2D eigenvalue weighted by molar-refractivity contribution is 0.131. The van der Waals surface area contributed by atoms with Crippen molar-refractivity contribution in [2.75, 3.05) is 6.61 Å². The third-order valence-corrected chi connectivity index (χ3v) is 6.31. The van der Waals surface area contributed by atoms with Crippen LogP contribution in [0.1, 0.15) is 89.9 Å². The fourth-order valence-electron chi connectivity index (χ4n) is 4.79. The maximum absolute atomic E-state index is 8.74. The second kappa shape index (κ2) is 11.0. The topological polar surface area (TPSA) is 49.7 Å². The van der Waals surface area contributed by atoms with E-state index in [0.717, 1.165) is 24.2 Å². The number of rotatable bonds is 9. The molecule has 0 atom stereocenters. The summed E-state index contributed by atoms with van der Waals surface area (Å²) < 4.78 is 4.86. The van der Waals surface area contributed by atoms with E-state index in [-0.39, 0.29) is 0 Å². The van der Waals surface area contributed by atoms with Crippen molar-refractivity contribution in [3.05, 3.63) is 0 Å². The van der Waals surface area contributed by atoms with E-state index < -0.39 is 8.60 Å². The number of hydrogen-bond acceptors (Lipinski definition) is 3. The van der Waals surface area contributed by atoms with E-state index in [0.29, 0.717) is 6.61 Å². The van der Waals surface area contributed by atoms with Gasteiger partial charge in [-0.2, -0.15) is 0 Å². The van der Waals surface area contributed by atoms with Gasteiger partial charge >= 0.3 is 8.60 Å². The van der Waals surface area contributed by atoms with Crippen molar-refractivity contribution in [2.24, 2.45) is 17.8 Å². The van der Waals surface area contributed by atoms with Gasteiger partial charge in [-0.25, -0.2) is 0 Å². The Morgan fingerprint density at radius 2 is 1.32 bits per heavy atom. The van der Waals surface area contributed by atoms with E-state index >= 15 is 0 Å². The van der Waals surface area contributed by atoms with Crippen LogP contribution in [0, 0.1) is 17.8 Å². The van der Waals surface area contributed by atoms with Gasteiger partial charge in [0, 0.05) is 0 Å². The molecule has 3 nitrogen and oxygen atoms in total. The molecule has 0 unspecified atom stereocenters. The molecule has 0 saturated heterocycles. The summed E-state index contributed by atoms with van der Waals surface area (Å²) in [7, 11) is -2.15. The molecule has 0 amide bonds. The van der Waals surface area contributed by atoms with E-state index in [1.165, 1.54) is 83.5 Å². The summed E-state index contributed by atoms with van der Waals surface area (Å²) in [5.74, 6) is 2.96. The minimum atomic E-state index is -2.15. The van der Waals surface area contributed by atoms with Crippen molar-refractivity contribution < 1.29 is 14.3 Å². The monoisotopic (exact) mass is 330 g/mol. The number of hydrogen-bond donors (Lipinski definition) is 2. The molecule has 2 rings (SSSR count). The molecule has 0 spiro atoms. The zero-order valence-electron chi connectivity index (χ0n) is 14.1. The summed E-state index contributed by atoms with van der Waals surface area (Å²) in [6, 6.07) is 0. The van der Waals surface area contributed by atoms with E-state index in [4.69, 9.17) is 14.3 Å². The maximum Gasteiger partial charge on any atom is 0.327 e. The summed E-state index contributed by atoms with van der Waals surface area (Å²) in [5, 5.41) is 0. The van der Waals surface area contributed by atoms with E-state index in [1.54, 1.807) is 0 Å². The average Bonchev–Trinajstić information content (AvgIpc) is 2.55. The van der Waals surface area contributed by atoms with E-state index in [9.17, 15) is 0 Å². The van der Waals surface area contributed by atoms with Gasteiger partial charge < -0.3 is 14.3 Å². The van der Waals surface area contributed by atoms with Crippen LogP contribution in [0.2, 0.25) is 0 Å². The van der Waals surface area contributed by atoms with Gasteiger partial charge in [0.05, 0.1) is 6.61 Å². The molecular weight excluding hydrogens is 295 g/mol. The first kappa shape index (κ1) is 18.6. The Labute approximate surface area is 137 Å². The Hall–Kier alpha value is 0.310. The van der Waals surface area contributed by atoms with Crippen LogP contribution in [-0.2, 0) is 4.52 Å². The van der Waals surface area contributed by atoms with Crippen LogP contribution < -0.4 is 0 Å². The van der Waals surface area contributed by atoms with Crippen molar-refractivity contribution in [3.8, 4) is 0 Å². The molecule has 0 aromatic rings. The molecule has 2 N–H and O–H groups in total. The first-order valence-corrected chi connectivity index (χ1v) is 10.7. The third-order valence-electron chi connectivity index (χ3n) is 5.90. The molecule has 0 aromatic carbocycles. The molecule has 0 aromatic heterocycles. The summed E-state index contributed by atoms with van der Waals surface area (Å²) in [6.45, 7) is 0.496. The lowest BCUT2D eigenvalue weighted by Crippen LogP contribution is -2.27. The Kier molecular flexibility index (Phi) is 9.30. The third kappa shape index (κ3) is 6.83. The predicted octanol–water partition coefficient (Wildman–Crippen LogP) is 5.55. The highest BCUT2D eigenvalue weighted by Gasteiger charge is 2.30. The second-order valence-electron chi connectivity index (χ2n) is 7.40. The van der Waals surface area contributed by atoms with Crippen LogP contribution in [0.25, 0.3) is 0 Å². The average molecular weight is 330 g/mol. The molecular formula is C18H35O3P. The van der Waals surface area contributed by atoms with Gasteiger partial charge in [-0.1, -0.05) is 77.0 Å². The van der Waals surface area contributed by atoms with Gasteiger partial charge in [0.2, 0.25) is 0 Å². The lowest BCUT2D eigenvalue weighted by Gasteiger charge is -2.38. The number of unbranched alkanes of at least 4 members (excludes halogenated alkanes) is 2. The Balaban J connectivity index is 1.71. The van der Waals surface area contributed by atoms with Gasteiger partial charge in [0.15, 0.2) is 0 Å². The SMILES string of the molecule is OP(O)OCCCCCC(C1CCCCC1)C1CCCCC1. The zero-order chi connectivity index (χ0) is 15.6. The summed E-state index contributed by atoms with van der Waals surface area (Å²) in [6.07, 6.45) is 19.4. The molecule has 2 saturated carbocycles. The van der Waals surface area contributed by atoms with Crippen molar-refractivity contribution in [3.63, 3.8) is 0 Å². The second-order valence-corrected chi connectivity index (χ2v) is 8.16. The Morgan fingerprint density at radius 1 is 0.773 bits per heavy atom. The minimum absolute atomic E-state index is 0.496. The molecule has 0 heterocycles. The standard InChI is InChI=1S/C18H35O3P/c19-22(20)21-15-9-3-8-14-18(16-10-4-1-5-11-16)17-12-6-2-7-13-17/h16-20H,1-15H2. The Morgan fingerprint density at radius 3 is 1.82 bits per heavy atom. The van der Waals surface area contributed by atoms with Crippen LogP contribution in [0.3, 0.4) is 0 Å². The van der Waals surface area contributed by atoms with Crippen molar-refractivity contribution in [1.29, 1.82) is 0 Å². The van der Waals surface area contributed by atoms with Crippen molar-refractivity contribution in [1.82, 2.24) is 0 Å². The first-order chi connectivity index (χ1) is 10.8. The fourth-order valence-corrected chi connectivity index (χ4v) is 5.08. The van der Waals surface area contributed by atoms with Crippen LogP contribution in [0.5, 0.6) is 0 Å². The predicted molar refractivity (Wildman–Crippen MR) is 92.4 cm³/mol. The van der Waals surface area contributed by atoms with Crippen molar-refractivity contribution in [2.45, 2.75) is 89.9 Å². The molecule has 2 aliphatic carbocycles.